The zero-order valence-electron chi connectivity index (χ0n) is 12.4. The Labute approximate surface area is 134 Å². The van der Waals surface area contributed by atoms with E-state index in [0.717, 1.165) is 11.1 Å². The van der Waals surface area contributed by atoms with E-state index < -0.39 is 5.41 Å². The number of hydrogen-bond donors (Lipinski definition) is 0. The van der Waals surface area contributed by atoms with Crippen molar-refractivity contribution in [3.63, 3.8) is 0 Å². The van der Waals surface area contributed by atoms with Crippen molar-refractivity contribution in [3.05, 3.63) is 57.3 Å². The smallest absolute Gasteiger partial charge is 0.141 e. The first-order chi connectivity index (χ1) is 9.73. The molecule has 0 radical (unpaired) electrons. The fraction of sp³-hybridized carbons (Fsp3) is 0.375. The second-order valence-corrected chi connectivity index (χ2v) is 6.55. The van der Waals surface area contributed by atoms with E-state index in [0.29, 0.717) is 16.1 Å². The van der Waals surface area contributed by atoms with Crippen molar-refractivity contribution in [2.45, 2.75) is 39.0 Å². The summed E-state index contributed by atoms with van der Waals surface area (Å²) in [7, 11) is 0. The second-order valence-electron chi connectivity index (χ2n) is 5.83. The molecule has 0 fully saturated rings. The average Bonchev–Trinajstić information content (AvgIpc) is 2.37. The number of rotatable bonds is 3. The van der Waals surface area contributed by atoms with Crippen LogP contribution in [-0.4, -0.2) is 9.97 Å². The monoisotopic (exact) mass is 326 g/mol. The maximum Gasteiger partial charge on any atom is 0.141 e. The van der Waals surface area contributed by atoms with Gasteiger partial charge >= 0.3 is 0 Å². The van der Waals surface area contributed by atoms with Gasteiger partial charge in [-0.05, 0) is 37.5 Å². The van der Waals surface area contributed by atoms with Gasteiger partial charge in [0.2, 0.25) is 0 Å². The third kappa shape index (κ3) is 3.19. The summed E-state index contributed by atoms with van der Waals surface area (Å²) in [5, 5.41) is 0.741. The van der Waals surface area contributed by atoms with Crippen LogP contribution in [0.15, 0.2) is 24.3 Å². The van der Waals surface area contributed by atoms with Crippen molar-refractivity contribution in [1.29, 1.82) is 0 Å². The molecule has 1 aromatic heterocycles. The first-order valence-corrected chi connectivity index (χ1v) is 7.48. The largest absolute Gasteiger partial charge is 0.220 e. The Morgan fingerprint density at radius 1 is 1.00 bits per heavy atom. The van der Waals surface area contributed by atoms with Crippen LogP contribution in [0.1, 0.15) is 50.6 Å². The Balaban J connectivity index is 2.52. The lowest BCUT2D eigenvalue weighted by molar-refractivity contribution is 0.580. The van der Waals surface area contributed by atoms with Gasteiger partial charge in [-0.25, -0.2) is 14.4 Å². The minimum absolute atomic E-state index is 0.146. The van der Waals surface area contributed by atoms with E-state index >= 15 is 0 Å². The van der Waals surface area contributed by atoms with Crippen LogP contribution < -0.4 is 0 Å². The number of nitrogens with zero attached hydrogens (tertiary/aromatic N) is 2. The third-order valence-electron chi connectivity index (χ3n) is 3.55. The molecule has 2 rings (SSSR count). The predicted molar refractivity (Wildman–Crippen MR) is 84.7 cm³/mol. The van der Waals surface area contributed by atoms with Crippen molar-refractivity contribution < 1.29 is 4.39 Å². The zero-order chi connectivity index (χ0) is 15.8. The molecule has 0 bridgehead atoms. The lowest BCUT2D eigenvalue weighted by Crippen LogP contribution is -2.23. The molecule has 0 unspecified atom stereocenters. The molecule has 0 N–H and O–H groups in total. The summed E-state index contributed by atoms with van der Waals surface area (Å²) >= 11 is 12.5. The van der Waals surface area contributed by atoms with Gasteiger partial charge in [-0.3, -0.25) is 0 Å². The molecule has 0 saturated carbocycles. The van der Waals surface area contributed by atoms with Crippen LogP contribution in [0.3, 0.4) is 0 Å². The van der Waals surface area contributed by atoms with Gasteiger partial charge in [-0.15, -0.1) is 0 Å². The molecule has 21 heavy (non-hydrogen) atoms. The first-order valence-electron chi connectivity index (χ1n) is 6.73. The maximum absolute atomic E-state index is 13.1. The lowest BCUT2D eigenvalue weighted by Gasteiger charge is -2.25. The summed E-state index contributed by atoms with van der Waals surface area (Å²) < 4.78 is 13.1. The van der Waals surface area contributed by atoms with E-state index in [9.17, 15) is 4.39 Å². The Kier molecular flexibility index (Phi) is 4.54. The summed E-state index contributed by atoms with van der Waals surface area (Å²) in [5.41, 5.74) is 1.13. The van der Waals surface area contributed by atoms with Gasteiger partial charge in [-0.2, -0.15) is 0 Å². The lowest BCUT2D eigenvalue weighted by atomic mass is 9.83. The highest BCUT2D eigenvalue weighted by molar-refractivity contribution is 6.34. The number of aromatic nitrogens is 2. The van der Waals surface area contributed by atoms with E-state index in [4.69, 9.17) is 23.2 Å². The number of hydrogen-bond acceptors (Lipinski definition) is 2. The van der Waals surface area contributed by atoms with Gasteiger partial charge in [0.25, 0.3) is 0 Å². The molecule has 0 atom stereocenters. The molecule has 0 aliphatic heterocycles. The molecule has 0 aliphatic carbocycles. The maximum atomic E-state index is 13.1. The molecule has 0 aliphatic rings. The summed E-state index contributed by atoms with van der Waals surface area (Å²) in [5.74, 6) is 0.392. The Morgan fingerprint density at radius 2 is 1.48 bits per heavy atom. The minimum atomic E-state index is -0.517. The fourth-order valence-electron chi connectivity index (χ4n) is 2.17. The van der Waals surface area contributed by atoms with Crippen LogP contribution in [0.25, 0.3) is 0 Å². The molecule has 5 heteroatoms. The predicted octanol–water partition coefficient (Wildman–Crippen LogP) is 5.37. The molecular weight excluding hydrogens is 310 g/mol. The second kappa shape index (κ2) is 5.90. The van der Waals surface area contributed by atoms with Crippen LogP contribution >= 0.6 is 23.2 Å². The highest BCUT2D eigenvalue weighted by atomic mass is 35.5. The van der Waals surface area contributed by atoms with Crippen LogP contribution in [0.4, 0.5) is 4.39 Å². The third-order valence-corrected chi connectivity index (χ3v) is 4.13. The Hall–Kier alpha value is -1.19. The first kappa shape index (κ1) is 16.2. The van der Waals surface area contributed by atoms with Crippen LogP contribution in [0, 0.1) is 5.82 Å². The van der Waals surface area contributed by atoms with Crippen LogP contribution in [0.2, 0.25) is 10.3 Å². The fourth-order valence-corrected chi connectivity index (χ4v) is 2.99. The molecule has 1 heterocycles. The van der Waals surface area contributed by atoms with Gasteiger partial charge in [0.05, 0.1) is 0 Å². The summed E-state index contributed by atoms with van der Waals surface area (Å²) in [4.78, 5) is 8.80. The highest BCUT2D eigenvalue weighted by Crippen LogP contribution is 2.34. The molecule has 0 spiro atoms. The van der Waals surface area contributed by atoms with Crippen LogP contribution in [0.5, 0.6) is 0 Å². The highest BCUT2D eigenvalue weighted by Gasteiger charge is 2.28. The average molecular weight is 327 g/mol. The van der Waals surface area contributed by atoms with Crippen LogP contribution in [-0.2, 0) is 5.41 Å². The molecular formula is C16H17Cl2FN2. The van der Waals surface area contributed by atoms with Gasteiger partial charge in [-0.1, -0.05) is 49.2 Å². The molecule has 112 valence electrons. The van der Waals surface area contributed by atoms with Crippen molar-refractivity contribution in [3.8, 4) is 0 Å². The van der Waals surface area contributed by atoms with Gasteiger partial charge in [0.1, 0.15) is 21.9 Å². The summed E-state index contributed by atoms with van der Waals surface area (Å²) in [6, 6.07) is 6.28. The standard InChI is InChI=1S/C16H17Cl2FN2/c1-9(2)12-13(17)20-15(21-14(12)18)16(3,4)10-5-7-11(19)8-6-10/h5-9H,1-4H3. The van der Waals surface area contributed by atoms with Crippen molar-refractivity contribution in [2.75, 3.05) is 0 Å². The van der Waals surface area contributed by atoms with Crippen molar-refractivity contribution >= 4 is 23.2 Å². The zero-order valence-corrected chi connectivity index (χ0v) is 13.9. The van der Waals surface area contributed by atoms with Gasteiger partial charge in [0.15, 0.2) is 0 Å². The van der Waals surface area contributed by atoms with E-state index in [-0.39, 0.29) is 11.7 Å². The Morgan fingerprint density at radius 3 is 1.90 bits per heavy atom. The molecule has 0 saturated heterocycles. The van der Waals surface area contributed by atoms with E-state index in [2.05, 4.69) is 9.97 Å². The normalized spacial score (nSPS) is 12.0. The summed E-state index contributed by atoms with van der Waals surface area (Å²) in [6.07, 6.45) is 0. The molecule has 1 aromatic carbocycles. The van der Waals surface area contributed by atoms with Crippen molar-refractivity contribution in [2.24, 2.45) is 0 Å². The number of halogens is 3. The quantitative estimate of drug-likeness (QED) is 0.708. The van der Waals surface area contributed by atoms with E-state index in [1.54, 1.807) is 12.1 Å². The van der Waals surface area contributed by atoms with E-state index in [1.807, 2.05) is 27.7 Å². The number of benzene rings is 1. The van der Waals surface area contributed by atoms with Crippen molar-refractivity contribution in [1.82, 2.24) is 9.97 Å². The SMILES string of the molecule is CC(C)c1c(Cl)nc(C(C)(C)c2ccc(F)cc2)nc1Cl. The molecule has 2 nitrogen and oxygen atoms in total. The van der Waals surface area contributed by atoms with Gasteiger partial charge < -0.3 is 0 Å². The summed E-state index contributed by atoms with van der Waals surface area (Å²) in [6.45, 7) is 7.89. The van der Waals surface area contributed by atoms with Gasteiger partial charge in [0, 0.05) is 11.0 Å². The topological polar surface area (TPSA) is 25.8 Å². The molecule has 0 amide bonds. The van der Waals surface area contributed by atoms with E-state index in [1.165, 1.54) is 12.1 Å². The minimum Gasteiger partial charge on any atom is -0.220 e. The molecule has 2 aromatic rings. The Bertz CT molecular complexity index is 629.